The summed E-state index contributed by atoms with van der Waals surface area (Å²) in [6.45, 7) is 0. The fraction of sp³-hybridized carbons (Fsp3) is 0.308. The van der Waals surface area contributed by atoms with Gasteiger partial charge in [-0.25, -0.2) is 14.0 Å². The van der Waals surface area contributed by atoms with Crippen molar-refractivity contribution in [1.29, 1.82) is 0 Å². The Kier molecular flexibility index (Phi) is 3.12. The van der Waals surface area contributed by atoms with Gasteiger partial charge < -0.3 is 19.5 Å². The minimum Gasteiger partial charge on any atom is -0.454 e. The average Bonchev–Trinajstić information content (AvgIpc) is 2.74. The van der Waals surface area contributed by atoms with Gasteiger partial charge in [-0.05, 0) is 18.2 Å². The molecule has 0 saturated carbocycles. The molecule has 0 bridgehead atoms. The van der Waals surface area contributed by atoms with Gasteiger partial charge in [-0.3, -0.25) is 10.1 Å². The van der Waals surface area contributed by atoms with Crippen LogP contribution in [0.4, 0.5) is 14.0 Å². The molecule has 2 aliphatic rings. The SMILES string of the molecule is COC(=O)OC1CC2(NC(=O)NC2=O)c2cc(F)ccc2O1. The molecule has 2 atom stereocenters. The highest BCUT2D eigenvalue weighted by Gasteiger charge is 2.54. The van der Waals surface area contributed by atoms with Crippen molar-refractivity contribution in [3.8, 4) is 5.75 Å². The monoisotopic (exact) mass is 310 g/mol. The summed E-state index contributed by atoms with van der Waals surface area (Å²) < 4.78 is 28.2. The van der Waals surface area contributed by atoms with E-state index in [1.807, 2.05) is 0 Å². The summed E-state index contributed by atoms with van der Waals surface area (Å²) in [6.07, 6.45) is -2.39. The highest BCUT2D eigenvalue weighted by Crippen LogP contribution is 2.41. The van der Waals surface area contributed by atoms with Crippen LogP contribution in [0, 0.1) is 5.82 Å². The molecule has 2 aliphatic heterocycles. The molecule has 2 unspecified atom stereocenters. The van der Waals surface area contributed by atoms with Crippen LogP contribution >= 0.6 is 0 Å². The molecule has 0 radical (unpaired) electrons. The van der Waals surface area contributed by atoms with Crippen molar-refractivity contribution in [3.05, 3.63) is 29.6 Å². The number of hydrogen-bond acceptors (Lipinski definition) is 6. The van der Waals surface area contributed by atoms with Crippen LogP contribution in [0.3, 0.4) is 0 Å². The summed E-state index contributed by atoms with van der Waals surface area (Å²) in [5.41, 5.74) is -1.41. The smallest absolute Gasteiger partial charge is 0.454 e. The molecule has 1 spiro atoms. The van der Waals surface area contributed by atoms with Gasteiger partial charge in [-0.1, -0.05) is 0 Å². The number of rotatable bonds is 1. The van der Waals surface area contributed by atoms with E-state index < -0.39 is 35.7 Å². The van der Waals surface area contributed by atoms with Crippen LogP contribution in [0.5, 0.6) is 5.75 Å². The highest BCUT2D eigenvalue weighted by atomic mass is 19.1. The molecule has 1 aromatic rings. The molecular weight excluding hydrogens is 299 g/mol. The van der Waals surface area contributed by atoms with E-state index in [1.165, 1.54) is 6.07 Å². The van der Waals surface area contributed by atoms with E-state index in [0.29, 0.717) is 0 Å². The molecule has 8 nitrogen and oxygen atoms in total. The molecule has 1 aromatic carbocycles. The predicted octanol–water partition coefficient (Wildman–Crippen LogP) is 0.752. The Morgan fingerprint density at radius 2 is 2.23 bits per heavy atom. The Morgan fingerprint density at radius 3 is 2.86 bits per heavy atom. The maximum Gasteiger partial charge on any atom is 0.511 e. The van der Waals surface area contributed by atoms with Gasteiger partial charge in [0.1, 0.15) is 11.6 Å². The van der Waals surface area contributed by atoms with Crippen molar-refractivity contribution in [2.75, 3.05) is 7.11 Å². The third-order valence-electron chi connectivity index (χ3n) is 3.47. The highest BCUT2D eigenvalue weighted by molar-refractivity contribution is 6.07. The normalized spacial score (nSPS) is 25.8. The van der Waals surface area contributed by atoms with Gasteiger partial charge in [0.25, 0.3) is 12.2 Å². The largest absolute Gasteiger partial charge is 0.511 e. The number of halogens is 1. The van der Waals surface area contributed by atoms with Crippen molar-refractivity contribution in [2.45, 2.75) is 18.2 Å². The first kappa shape index (κ1) is 14.1. The number of hydrogen-bond donors (Lipinski definition) is 2. The Labute approximate surface area is 123 Å². The van der Waals surface area contributed by atoms with Crippen molar-refractivity contribution < 1.29 is 33.0 Å². The van der Waals surface area contributed by atoms with Gasteiger partial charge in [0.2, 0.25) is 0 Å². The molecule has 0 aliphatic carbocycles. The molecular formula is C13H11FN2O6. The van der Waals surface area contributed by atoms with Crippen molar-refractivity contribution in [1.82, 2.24) is 10.6 Å². The van der Waals surface area contributed by atoms with Crippen molar-refractivity contribution in [3.63, 3.8) is 0 Å². The van der Waals surface area contributed by atoms with Crippen molar-refractivity contribution >= 4 is 18.1 Å². The summed E-state index contributed by atoms with van der Waals surface area (Å²) in [5, 5.41) is 4.53. The molecule has 9 heteroatoms. The lowest BCUT2D eigenvalue weighted by Crippen LogP contribution is -2.51. The molecule has 3 rings (SSSR count). The van der Waals surface area contributed by atoms with E-state index in [2.05, 4.69) is 15.4 Å². The number of amides is 3. The van der Waals surface area contributed by atoms with Gasteiger partial charge >= 0.3 is 12.2 Å². The van der Waals surface area contributed by atoms with E-state index >= 15 is 0 Å². The summed E-state index contributed by atoms with van der Waals surface area (Å²) in [6, 6.07) is 2.78. The fourth-order valence-corrected chi connectivity index (χ4v) is 2.53. The number of carbonyl (C=O) groups is 3. The summed E-state index contributed by atoms with van der Waals surface area (Å²) in [7, 11) is 1.12. The Morgan fingerprint density at radius 1 is 1.45 bits per heavy atom. The van der Waals surface area contributed by atoms with E-state index in [9.17, 15) is 18.8 Å². The van der Waals surface area contributed by atoms with Crippen molar-refractivity contribution in [2.24, 2.45) is 0 Å². The van der Waals surface area contributed by atoms with E-state index in [1.54, 1.807) is 0 Å². The lowest BCUT2D eigenvalue weighted by molar-refractivity contribution is -0.132. The van der Waals surface area contributed by atoms with Gasteiger partial charge in [-0.2, -0.15) is 0 Å². The Balaban J connectivity index is 2.04. The number of methoxy groups -OCH3 is 1. The number of ether oxygens (including phenoxy) is 3. The van der Waals surface area contributed by atoms with E-state index in [4.69, 9.17) is 9.47 Å². The molecule has 1 fully saturated rings. The third kappa shape index (κ3) is 2.10. The van der Waals surface area contributed by atoms with E-state index in [0.717, 1.165) is 19.2 Å². The van der Waals surface area contributed by atoms with Gasteiger partial charge in [0, 0.05) is 5.56 Å². The number of urea groups is 1. The zero-order valence-electron chi connectivity index (χ0n) is 11.3. The summed E-state index contributed by atoms with van der Waals surface area (Å²) in [5.74, 6) is -1.15. The minimum atomic E-state index is -1.56. The maximum atomic E-state index is 13.5. The predicted molar refractivity (Wildman–Crippen MR) is 67.3 cm³/mol. The minimum absolute atomic E-state index is 0.124. The van der Waals surface area contributed by atoms with Crippen LogP contribution < -0.4 is 15.4 Å². The second kappa shape index (κ2) is 4.86. The van der Waals surface area contributed by atoms with Gasteiger partial charge in [0.05, 0.1) is 13.5 Å². The van der Waals surface area contributed by atoms with Crippen LogP contribution in [0.2, 0.25) is 0 Å². The van der Waals surface area contributed by atoms with E-state index in [-0.39, 0.29) is 17.7 Å². The lowest BCUT2D eigenvalue weighted by Gasteiger charge is -2.36. The second-order valence-corrected chi connectivity index (χ2v) is 4.78. The van der Waals surface area contributed by atoms with Crippen LogP contribution in [-0.4, -0.2) is 31.5 Å². The topological polar surface area (TPSA) is 103 Å². The lowest BCUT2D eigenvalue weighted by atomic mass is 9.84. The molecule has 2 heterocycles. The van der Waals surface area contributed by atoms with Gasteiger partial charge in [0.15, 0.2) is 5.54 Å². The quantitative estimate of drug-likeness (QED) is 0.586. The summed E-state index contributed by atoms with van der Waals surface area (Å²) >= 11 is 0. The number of nitrogens with one attached hydrogen (secondary N) is 2. The molecule has 0 aromatic heterocycles. The first-order chi connectivity index (χ1) is 10.4. The first-order valence-corrected chi connectivity index (χ1v) is 6.29. The van der Waals surface area contributed by atoms with Crippen LogP contribution in [0.25, 0.3) is 0 Å². The fourth-order valence-electron chi connectivity index (χ4n) is 2.53. The van der Waals surface area contributed by atoms with Crippen LogP contribution in [0.1, 0.15) is 12.0 Å². The molecule has 116 valence electrons. The molecule has 3 amide bonds. The zero-order chi connectivity index (χ0) is 15.9. The average molecular weight is 310 g/mol. The number of benzene rings is 1. The van der Waals surface area contributed by atoms with Crippen LogP contribution in [0.15, 0.2) is 18.2 Å². The standard InChI is InChI=1S/C13H11FN2O6/c1-20-12(19)22-9-5-13(10(17)15-11(18)16-13)7-4-6(14)2-3-8(7)21-9/h2-4,9H,5H2,1H3,(H2,15,16,17,18). The molecule has 22 heavy (non-hydrogen) atoms. The first-order valence-electron chi connectivity index (χ1n) is 6.29. The molecule has 2 N–H and O–H groups in total. The number of carbonyl (C=O) groups excluding carboxylic acids is 3. The van der Waals surface area contributed by atoms with Crippen LogP contribution in [-0.2, 0) is 19.8 Å². The number of imide groups is 1. The Hall–Kier alpha value is -2.84. The second-order valence-electron chi connectivity index (χ2n) is 4.78. The summed E-state index contributed by atoms with van der Waals surface area (Å²) in [4.78, 5) is 34.9. The molecule has 1 saturated heterocycles. The Bertz CT molecular complexity index is 678. The van der Waals surface area contributed by atoms with Gasteiger partial charge in [-0.15, -0.1) is 0 Å². The zero-order valence-corrected chi connectivity index (χ0v) is 11.3. The number of fused-ring (bicyclic) bond motifs is 2. The maximum absolute atomic E-state index is 13.5. The third-order valence-corrected chi connectivity index (χ3v) is 3.47.